The topological polar surface area (TPSA) is 61.6 Å². The number of para-hydroxylation sites is 1. The van der Waals surface area contributed by atoms with Crippen LogP contribution in [-0.2, 0) is 0 Å². The molecule has 29 heavy (non-hydrogen) atoms. The zero-order valence-electron chi connectivity index (χ0n) is 16.8. The highest BCUT2D eigenvalue weighted by Crippen LogP contribution is 2.31. The average molecular weight is 396 g/mol. The maximum absolute atomic E-state index is 14.3. The Balaban J connectivity index is 1.66. The molecule has 2 aromatic carbocycles. The molecule has 0 saturated carbocycles. The number of hydrogen-bond acceptors (Lipinski definition) is 3. The van der Waals surface area contributed by atoms with Gasteiger partial charge in [-0.1, -0.05) is 39.0 Å². The normalized spacial score (nSPS) is 16.1. The summed E-state index contributed by atoms with van der Waals surface area (Å²) < 4.78 is 15.8. The molecule has 2 amide bonds. The molecule has 1 saturated heterocycles. The Labute approximate surface area is 169 Å². The highest BCUT2D eigenvalue weighted by atomic mass is 19.1. The fourth-order valence-electron chi connectivity index (χ4n) is 3.54. The van der Waals surface area contributed by atoms with Gasteiger partial charge in [0, 0.05) is 25.0 Å². The third-order valence-corrected chi connectivity index (χ3v) is 5.45. The van der Waals surface area contributed by atoms with E-state index in [4.69, 9.17) is 0 Å². The lowest BCUT2D eigenvalue weighted by molar-refractivity contribution is 0.0419. The SMILES string of the molecule is CC(C)(C)C(O)CN1CCN(c2cccc3c2cnn3-c2ccccc2F)C1=O. The fraction of sp³-hybridized carbons (Fsp3) is 0.364. The van der Waals surface area contributed by atoms with E-state index in [-0.39, 0.29) is 17.3 Å². The minimum absolute atomic E-state index is 0.139. The molecule has 2 heterocycles. The molecule has 1 aliphatic heterocycles. The Bertz CT molecular complexity index is 1060. The predicted molar refractivity (Wildman–Crippen MR) is 111 cm³/mol. The number of carbonyl (C=O) groups excluding carboxylic acids is 1. The van der Waals surface area contributed by atoms with Crippen molar-refractivity contribution in [1.29, 1.82) is 0 Å². The summed E-state index contributed by atoms with van der Waals surface area (Å²) in [5.41, 5.74) is 1.54. The highest BCUT2D eigenvalue weighted by Gasteiger charge is 2.34. The van der Waals surface area contributed by atoms with E-state index in [2.05, 4.69) is 5.10 Å². The molecule has 1 atom stereocenters. The second-order valence-corrected chi connectivity index (χ2v) is 8.48. The van der Waals surface area contributed by atoms with Crippen LogP contribution in [0.5, 0.6) is 0 Å². The summed E-state index contributed by atoms with van der Waals surface area (Å²) >= 11 is 0. The highest BCUT2D eigenvalue weighted by molar-refractivity contribution is 6.03. The standard InChI is InChI=1S/C22H25FN4O2/c1-22(2,3)20(28)14-25-11-12-26(21(25)29)17-9-6-10-18-15(17)13-24-27(18)19-8-5-4-7-16(19)23/h4-10,13,20,28H,11-12,14H2,1-3H3. The molecule has 1 fully saturated rings. The summed E-state index contributed by atoms with van der Waals surface area (Å²) in [4.78, 5) is 16.4. The Morgan fingerprint density at radius 3 is 2.55 bits per heavy atom. The molecule has 152 valence electrons. The van der Waals surface area contributed by atoms with Crippen LogP contribution in [0.2, 0.25) is 0 Å². The van der Waals surface area contributed by atoms with Gasteiger partial charge in [0.15, 0.2) is 0 Å². The second kappa shape index (κ2) is 7.15. The first-order valence-electron chi connectivity index (χ1n) is 9.73. The number of benzene rings is 2. The molecule has 0 aliphatic carbocycles. The smallest absolute Gasteiger partial charge is 0.324 e. The summed E-state index contributed by atoms with van der Waals surface area (Å²) in [5.74, 6) is -0.359. The number of aliphatic hydroxyl groups is 1. The Morgan fingerprint density at radius 1 is 1.10 bits per heavy atom. The first kappa shape index (κ1) is 19.4. The third-order valence-electron chi connectivity index (χ3n) is 5.45. The molecule has 0 bridgehead atoms. The van der Waals surface area contributed by atoms with E-state index < -0.39 is 6.10 Å². The van der Waals surface area contributed by atoms with Gasteiger partial charge in [0.25, 0.3) is 0 Å². The van der Waals surface area contributed by atoms with Crippen molar-refractivity contribution >= 4 is 22.6 Å². The van der Waals surface area contributed by atoms with Crippen molar-refractivity contribution in [2.24, 2.45) is 5.41 Å². The van der Waals surface area contributed by atoms with Crippen LogP contribution in [0.4, 0.5) is 14.9 Å². The van der Waals surface area contributed by atoms with Crippen LogP contribution in [-0.4, -0.2) is 51.6 Å². The first-order valence-corrected chi connectivity index (χ1v) is 9.73. The molecule has 6 nitrogen and oxygen atoms in total. The lowest BCUT2D eigenvalue weighted by Gasteiger charge is -2.29. The molecule has 0 radical (unpaired) electrons. The number of nitrogens with zero attached hydrogens (tertiary/aromatic N) is 4. The van der Waals surface area contributed by atoms with Crippen LogP contribution in [0, 0.1) is 11.2 Å². The van der Waals surface area contributed by atoms with Gasteiger partial charge in [0.2, 0.25) is 0 Å². The number of rotatable bonds is 4. The van der Waals surface area contributed by atoms with Gasteiger partial charge in [0.05, 0.1) is 23.5 Å². The van der Waals surface area contributed by atoms with Crippen molar-refractivity contribution in [2.75, 3.05) is 24.5 Å². The van der Waals surface area contributed by atoms with Gasteiger partial charge in [-0.05, 0) is 29.7 Å². The number of fused-ring (bicyclic) bond motifs is 1. The molecule has 1 N–H and O–H groups in total. The van der Waals surface area contributed by atoms with Crippen LogP contribution < -0.4 is 4.90 Å². The molecule has 1 aliphatic rings. The number of β-amino-alcohol motifs (C(OH)–C–C–N with tert-alkyl or cyclic N) is 1. The molecule has 4 rings (SSSR count). The largest absolute Gasteiger partial charge is 0.391 e. The number of carbonyl (C=O) groups is 1. The summed E-state index contributed by atoms with van der Waals surface area (Å²) in [6.45, 7) is 7.22. The number of urea groups is 1. The van der Waals surface area contributed by atoms with E-state index in [1.165, 1.54) is 6.07 Å². The Kier molecular flexibility index (Phi) is 4.78. The molecule has 1 aromatic heterocycles. The Morgan fingerprint density at radius 2 is 1.83 bits per heavy atom. The number of aliphatic hydroxyl groups excluding tert-OH is 1. The fourth-order valence-corrected chi connectivity index (χ4v) is 3.54. The zero-order valence-corrected chi connectivity index (χ0v) is 16.8. The van der Waals surface area contributed by atoms with Gasteiger partial charge in [-0.25, -0.2) is 13.9 Å². The predicted octanol–water partition coefficient (Wildman–Crippen LogP) is 3.81. The average Bonchev–Trinajstić information content (AvgIpc) is 3.25. The van der Waals surface area contributed by atoms with Gasteiger partial charge < -0.3 is 10.0 Å². The van der Waals surface area contributed by atoms with E-state index in [9.17, 15) is 14.3 Å². The van der Waals surface area contributed by atoms with Crippen molar-refractivity contribution in [1.82, 2.24) is 14.7 Å². The maximum Gasteiger partial charge on any atom is 0.324 e. The van der Waals surface area contributed by atoms with Crippen LogP contribution in [0.25, 0.3) is 16.6 Å². The molecule has 0 spiro atoms. The zero-order chi connectivity index (χ0) is 20.8. The van der Waals surface area contributed by atoms with Crippen LogP contribution in [0.3, 0.4) is 0 Å². The Hall–Kier alpha value is -2.93. The van der Waals surface area contributed by atoms with Gasteiger partial charge >= 0.3 is 6.03 Å². The van der Waals surface area contributed by atoms with Crippen LogP contribution in [0.1, 0.15) is 20.8 Å². The van der Waals surface area contributed by atoms with Crippen molar-refractivity contribution in [3.05, 3.63) is 54.5 Å². The number of hydrogen-bond donors (Lipinski definition) is 1. The third kappa shape index (κ3) is 3.46. The molecule has 7 heteroatoms. The van der Waals surface area contributed by atoms with Crippen LogP contribution in [0.15, 0.2) is 48.7 Å². The molecular formula is C22H25FN4O2. The lowest BCUT2D eigenvalue weighted by atomic mass is 9.89. The maximum atomic E-state index is 14.3. The minimum Gasteiger partial charge on any atom is -0.391 e. The molecular weight excluding hydrogens is 371 g/mol. The number of halogens is 1. The minimum atomic E-state index is -0.606. The van der Waals surface area contributed by atoms with Gasteiger partial charge in [-0.15, -0.1) is 0 Å². The van der Waals surface area contributed by atoms with E-state index in [0.717, 1.165) is 16.6 Å². The summed E-state index contributed by atoms with van der Waals surface area (Å²) in [7, 11) is 0. The van der Waals surface area contributed by atoms with Crippen molar-refractivity contribution in [3.63, 3.8) is 0 Å². The summed E-state index contributed by atoms with van der Waals surface area (Å²) in [6, 6.07) is 11.9. The van der Waals surface area contributed by atoms with Gasteiger partial charge in [0.1, 0.15) is 11.5 Å². The van der Waals surface area contributed by atoms with Gasteiger partial charge in [-0.2, -0.15) is 5.10 Å². The summed E-state index contributed by atoms with van der Waals surface area (Å²) in [5, 5.41) is 15.5. The monoisotopic (exact) mass is 396 g/mol. The number of amides is 2. The molecule has 3 aromatic rings. The number of anilines is 1. The van der Waals surface area contributed by atoms with Crippen molar-refractivity contribution in [2.45, 2.75) is 26.9 Å². The quantitative estimate of drug-likeness (QED) is 0.729. The second-order valence-electron chi connectivity index (χ2n) is 8.48. The van der Waals surface area contributed by atoms with E-state index in [1.54, 1.807) is 38.9 Å². The number of aromatic nitrogens is 2. The lowest BCUT2D eigenvalue weighted by Crippen LogP contribution is -2.41. The van der Waals surface area contributed by atoms with Crippen molar-refractivity contribution in [3.8, 4) is 5.69 Å². The van der Waals surface area contributed by atoms with Gasteiger partial charge in [-0.3, -0.25) is 4.90 Å². The first-order chi connectivity index (χ1) is 13.8. The summed E-state index contributed by atoms with van der Waals surface area (Å²) in [6.07, 6.45) is 1.06. The van der Waals surface area contributed by atoms with Crippen LogP contribution >= 0.6 is 0 Å². The van der Waals surface area contributed by atoms with Crippen molar-refractivity contribution < 1.29 is 14.3 Å². The van der Waals surface area contributed by atoms with E-state index in [1.807, 2.05) is 39.0 Å². The van der Waals surface area contributed by atoms with E-state index in [0.29, 0.717) is 25.3 Å². The molecule has 1 unspecified atom stereocenters. The van der Waals surface area contributed by atoms with E-state index >= 15 is 0 Å².